The summed E-state index contributed by atoms with van der Waals surface area (Å²) in [4.78, 5) is 23.6. The molecule has 7 heteroatoms. The van der Waals surface area contributed by atoms with Crippen molar-refractivity contribution in [1.29, 1.82) is 5.26 Å². The zero-order chi connectivity index (χ0) is 14.7. The Morgan fingerprint density at radius 2 is 2.35 bits per heavy atom. The predicted molar refractivity (Wildman–Crippen MR) is 64.4 cm³/mol. The van der Waals surface area contributed by atoms with Gasteiger partial charge in [0.2, 0.25) is 0 Å². The van der Waals surface area contributed by atoms with Crippen LogP contribution in [0, 0.1) is 17.1 Å². The molecule has 1 aromatic rings. The Bertz CT molecular complexity index is 597. The Kier molecular flexibility index (Phi) is 3.84. The van der Waals surface area contributed by atoms with Crippen LogP contribution in [0.5, 0.6) is 5.75 Å². The average Bonchev–Trinajstić information content (AvgIpc) is 2.71. The number of aliphatic carboxylic acids is 1. The van der Waals surface area contributed by atoms with Crippen LogP contribution in [0.2, 0.25) is 0 Å². The molecule has 1 heterocycles. The second kappa shape index (κ2) is 5.57. The van der Waals surface area contributed by atoms with E-state index in [9.17, 15) is 14.0 Å². The second-order valence-corrected chi connectivity index (χ2v) is 4.27. The fourth-order valence-corrected chi connectivity index (χ4v) is 2.00. The first-order valence-electron chi connectivity index (χ1n) is 5.88. The van der Waals surface area contributed by atoms with Gasteiger partial charge in [0.15, 0.2) is 6.10 Å². The number of rotatable bonds is 4. The molecule has 1 unspecified atom stereocenters. The zero-order valence-electron chi connectivity index (χ0n) is 10.4. The van der Waals surface area contributed by atoms with Crippen LogP contribution in [-0.4, -0.2) is 41.1 Å². The molecule has 1 amide bonds. The first-order chi connectivity index (χ1) is 9.52. The monoisotopic (exact) mass is 278 g/mol. The van der Waals surface area contributed by atoms with Crippen molar-refractivity contribution in [2.75, 3.05) is 13.1 Å². The maximum Gasteiger partial charge on any atom is 0.323 e. The van der Waals surface area contributed by atoms with Crippen molar-refractivity contribution in [2.45, 2.75) is 12.5 Å². The zero-order valence-corrected chi connectivity index (χ0v) is 10.4. The van der Waals surface area contributed by atoms with Crippen LogP contribution in [-0.2, 0) is 9.59 Å². The van der Waals surface area contributed by atoms with Crippen molar-refractivity contribution < 1.29 is 23.8 Å². The van der Waals surface area contributed by atoms with E-state index in [2.05, 4.69) is 0 Å². The summed E-state index contributed by atoms with van der Waals surface area (Å²) in [6.07, 6.45) is -0.587. The van der Waals surface area contributed by atoms with Gasteiger partial charge in [-0.25, -0.2) is 4.39 Å². The minimum atomic E-state index is -1.11. The van der Waals surface area contributed by atoms with Crippen LogP contribution >= 0.6 is 0 Å². The second-order valence-electron chi connectivity index (χ2n) is 4.27. The van der Waals surface area contributed by atoms with E-state index in [1.54, 1.807) is 6.07 Å². The number of carbonyl (C=O) groups is 2. The van der Waals surface area contributed by atoms with Gasteiger partial charge < -0.3 is 14.7 Å². The van der Waals surface area contributed by atoms with E-state index in [4.69, 9.17) is 15.1 Å². The molecule has 1 aromatic carbocycles. The molecule has 104 valence electrons. The van der Waals surface area contributed by atoms with Crippen LogP contribution in [0.1, 0.15) is 12.0 Å². The summed E-state index contributed by atoms with van der Waals surface area (Å²) in [6.45, 7) is -0.139. The Hall–Kier alpha value is -2.62. The largest absolute Gasteiger partial charge is 0.480 e. The molecule has 1 aliphatic heterocycles. The van der Waals surface area contributed by atoms with Crippen molar-refractivity contribution in [2.24, 2.45) is 0 Å². The number of nitrogens with zero attached hydrogens (tertiary/aromatic N) is 2. The van der Waals surface area contributed by atoms with E-state index in [0.29, 0.717) is 6.42 Å². The molecule has 6 nitrogen and oxygen atoms in total. The first-order valence-corrected chi connectivity index (χ1v) is 5.88. The molecule has 20 heavy (non-hydrogen) atoms. The van der Waals surface area contributed by atoms with E-state index < -0.39 is 30.3 Å². The number of hydrogen-bond acceptors (Lipinski definition) is 4. The summed E-state index contributed by atoms with van der Waals surface area (Å²) in [7, 11) is 0. The molecule has 0 bridgehead atoms. The molecular formula is C13H11FN2O4. The van der Waals surface area contributed by atoms with Gasteiger partial charge in [-0.1, -0.05) is 6.07 Å². The number of likely N-dealkylation sites (tertiary alicyclic amines) is 1. The lowest BCUT2D eigenvalue weighted by atomic mass is 10.2. The van der Waals surface area contributed by atoms with Crippen molar-refractivity contribution in [1.82, 2.24) is 4.90 Å². The smallest absolute Gasteiger partial charge is 0.323 e. The third-order valence-corrected chi connectivity index (χ3v) is 2.93. The highest BCUT2D eigenvalue weighted by atomic mass is 19.1. The number of ether oxygens (including phenoxy) is 1. The van der Waals surface area contributed by atoms with Crippen molar-refractivity contribution in [3.63, 3.8) is 0 Å². The van der Waals surface area contributed by atoms with Crippen LogP contribution in [0.15, 0.2) is 18.2 Å². The normalized spacial score (nSPS) is 17.9. The molecular weight excluding hydrogens is 267 g/mol. The number of carboxylic acids is 1. The SMILES string of the molecule is N#Cc1c(F)cccc1OC1CCN(CC(=O)O)C1=O. The van der Waals surface area contributed by atoms with Crippen LogP contribution in [0.4, 0.5) is 4.39 Å². The Balaban J connectivity index is 2.13. The predicted octanol–water partition coefficient (Wildman–Crippen LogP) is 0.762. The molecule has 0 aromatic heterocycles. The van der Waals surface area contributed by atoms with E-state index in [1.807, 2.05) is 0 Å². The highest BCUT2D eigenvalue weighted by molar-refractivity contribution is 5.86. The molecule has 0 aliphatic carbocycles. The standard InChI is InChI=1S/C13H11FN2O4/c14-9-2-1-3-10(8(9)6-15)20-11-4-5-16(13(11)19)7-12(17)18/h1-3,11H,4-5,7H2,(H,17,18). The average molecular weight is 278 g/mol. The van der Waals surface area contributed by atoms with Gasteiger partial charge in [0.25, 0.3) is 5.91 Å². The maximum atomic E-state index is 13.4. The van der Waals surface area contributed by atoms with Gasteiger partial charge in [0, 0.05) is 13.0 Å². The summed E-state index contributed by atoms with van der Waals surface area (Å²) >= 11 is 0. The number of halogens is 1. The highest BCUT2D eigenvalue weighted by Gasteiger charge is 2.34. The lowest BCUT2D eigenvalue weighted by Crippen LogP contribution is -2.35. The molecule has 1 fully saturated rings. The minimum Gasteiger partial charge on any atom is -0.480 e. The summed E-state index contributed by atoms with van der Waals surface area (Å²) in [5.41, 5.74) is -0.267. The topological polar surface area (TPSA) is 90.6 Å². The summed E-state index contributed by atoms with van der Waals surface area (Å²) in [6, 6.07) is 5.57. The number of carboxylic acid groups (broad SMARTS) is 1. The maximum absolute atomic E-state index is 13.4. The Labute approximate surface area is 114 Å². The third kappa shape index (κ3) is 2.69. The van der Waals surface area contributed by atoms with Gasteiger partial charge in [-0.15, -0.1) is 0 Å². The van der Waals surface area contributed by atoms with Crippen molar-refractivity contribution >= 4 is 11.9 Å². The molecule has 0 radical (unpaired) electrons. The van der Waals surface area contributed by atoms with E-state index in [1.165, 1.54) is 12.1 Å². The van der Waals surface area contributed by atoms with Crippen molar-refractivity contribution in [3.8, 4) is 11.8 Å². The van der Waals surface area contributed by atoms with Gasteiger partial charge in [0.05, 0.1) is 0 Å². The lowest BCUT2D eigenvalue weighted by Gasteiger charge is -2.15. The molecule has 1 aliphatic rings. The molecule has 1 atom stereocenters. The van der Waals surface area contributed by atoms with Gasteiger partial charge in [-0.05, 0) is 12.1 Å². The van der Waals surface area contributed by atoms with E-state index in [0.717, 1.165) is 11.0 Å². The lowest BCUT2D eigenvalue weighted by molar-refractivity contribution is -0.144. The fraction of sp³-hybridized carbons (Fsp3) is 0.308. The Morgan fingerprint density at radius 3 is 3.00 bits per heavy atom. The van der Waals surface area contributed by atoms with E-state index in [-0.39, 0.29) is 17.9 Å². The Morgan fingerprint density at radius 1 is 1.60 bits per heavy atom. The van der Waals surface area contributed by atoms with Crippen LogP contribution in [0.25, 0.3) is 0 Å². The summed E-state index contributed by atoms with van der Waals surface area (Å²) in [5, 5.41) is 17.5. The van der Waals surface area contributed by atoms with Crippen molar-refractivity contribution in [3.05, 3.63) is 29.6 Å². The van der Waals surface area contributed by atoms with Gasteiger partial charge in [0.1, 0.15) is 29.7 Å². The fourth-order valence-electron chi connectivity index (χ4n) is 2.00. The van der Waals surface area contributed by atoms with Gasteiger partial charge in [-0.2, -0.15) is 5.26 Å². The third-order valence-electron chi connectivity index (χ3n) is 2.93. The first kappa shape index (κ1) is 13.8. The molecule has 1 N–H and O–H groups in total. The van der Waals surface area contributed by atoms with Gasteiger partial charge in [-0.3, -0.25) is 9.59 Å². The highest BCUT2D eigenvalue weighted by Crippen LogP contribution is 2.24. The number of carbonyl (C=O) groups excluding carboxylic acids is 1. The van der Waals surface area contributed by atoms with Crippen LogP contribution < -0.4 is 4.74 Å². The molecule has 0 spiro atoms. The van der Waals surface area contributed by atoms with Crippen LogP contribution in [0.3, 0.4) is 0 Å². The van der Waals surface area contributed by atoms with Gasteiger partial charge >= 0.3 is 5.97 Å². The summed E-state index contributed by atoms with van der Waals surface area (Å²) < 4.78 is 18.8. The molecule has 0 saturated carbocycles. The number of benzene rings is 1. The number of nitriles is 1. The number of amides is 1. The molecule has 2 rings (SSSR count). The minimum absolute atomic E-state index is 0.0111. The summed E-state index contributed by atoms with van der Waals surface area (Å²) in [5.74, 6) is -2.32. The molecule has 1 saturated heterocycles. The quantitative estimate of drug-likeness (QED) is 0.878. The van der Waals surface area contributed by atoms with E-state index >= 15 is 0 Å². The number of hydrogen-bond donors (Lipinski definition) is 1.